The van der Waals surface area contributed by atoms with Gasteiger partial charge in [-0.05, 0) is 38.3 Å². The van der Waals surface area contributed by atoms with Crippen molar-refractivity contribution in [3.8, 4) is 5.75 Å². The monoisotopic (exact) mass is 218 g/mol. The fourth-order valence-corrected chi connectivity index (χ4v) is 2.59. The molecule has 16 heavy (non-hydrogen) atoms. The van der Waals surface area contributed by atoms with E-state index in [-0.39, 0.29) is 0 Å². The van der Waals surface area contributed by atoms with Crippen LogP contribution >= 0.6 is 0 Å². The second-order valence-corrected chi connectivity index (χ2v) is 4.72. The van der Waals surface area contributed by atoms with Gasteiger partial charge in [0, 0.05) is 6.54 Å². The van der Waals surface area contributed by atoms with Crippen LogP contribution in [0, 0.1) is 0 Å². The minimum atomic E-state index is 0.317. The Morgan fingerprint density at radius 1 is 1.38 bits per heavy atom. The van der Waals surface area contributed by atoms with Gasteiger partial charge in [-0.3, -0.25) is 0 Å². The van der Waals surface area contributed by atoms with Gasteiger partial charge >= 0.3 is 0 Å². The van der Waals surface area contributed by atoms with E-state index in [1.807, 2.05) is 13.0 Å². The van der Waals surface area contributed by atoms with E-state index in [9.17, 15) is 0 Å². The largest absolute Gasteiger partial charge is 0.492 e. The zero-order chi connectivity index (χ0) is 11.0. The molecule has 1 saturated carbocycles. The Morgan fingerprint density at radius 3 is 2.94 bits per heavy atom. The molecular formula is C13H18N2O. The minimum absolute atomic E-state index is 0.317. The number of benzene rings is 1. The Bertz CT molecular complexity index is 399. The van der Waals surface area contributed by atoms with Gasteiger partial charge in [-0.25, -0.2) is 0 Å². The van der Waals surface area contributed by atoms with E-state index in [0.717, 1.165) is 18.0 Å². The average Bonchev–Trinajstić information content (AvgIpc) is 2.27. The molecule has 3 heteroatoms. The molecule has 1 aromatic carbocycles. The van der Waals surface area contributed by atoms with Gasteiger partial charge in [0.1, 0.15) is 11.4 Å². The summed E-state index contributed by atoms with van der Waals surface area (Å²) in [6.45, 7) is 3.75. The molecule has 1 aromatic rings. The van der Waals surface area contributed by atoms with Crippen LogP contribution in [0.2, 0.25) is 0 Å². The molecule has 3 rings (SSSR count). The van der Waals surface area contributed by atoms with Crippen LogP contribution in [0.5, 0.6) is 5.75 Å². The molecule has 1 fully saturated rings. The molecule has 2 aliphatic rings. The van der Waals surface area contributed by atoms with E-state index < -0.39 is 0 Å². The smallest absolute Gasteiger partial charge is 0.144 e. The van der Waals surface area contributed by atoms with Gasteiger partial charge < -0.3 is 15.4 Å². The zero-order valence-corrected chi connectivity index (χ0v) is 9.68. The summed E-state index contributed by atoms with van der Waals surface area (Å²) in [5.41, 5.74) is 2.64. The topological polar surface area (TPSA) is 33.3 Å². The van der Waals surface area contributed by atoms with E-state index in [2.05, 4.69) is 22.8 Å². The van der Waals surface area contributed by atoms with E-state index in [1.165, 1.54) is 24.9 Å². The Kier molecular flexibility index (Phi) is 2.20. The van der Waals surface area contributed by atoms with Crippen molar-refractivity contribution in [2.45, 2.75) is 31.7 Å². The van der Waals surface area contributed by atoms with Crippen molar-refractivity contribution in [1.29, 1.82) is 0 Å². The third-order valence-electron chi connectivity index (χ3n) is 3.64. The van der Waals surface area contributed by atoms with E-state index in [4.69, 9.17) is 4.74 Å². The van der Waals surface area contributed by atoms with Crippen molar-refractivity contribution < 1.29 is 4.74 Å². The summed E-state index contributed by atoms with van der Waals surface area (Å²) in [5.74, 6) is 0.960. The number of para-hydroxylation sites is 1. The molecule has 0 atom stereocenters. The quantitative estimate of drug-likeness (QED) is 0.800. The van der Waals surface area contributed by atoms with E-state index in [0.29, 0.717) is 12.1 Å². The number of hydrogen-bond acceptors (Lipinski definition) is 3. The fourth-order valence-electron chi connectivity index (χ4n) is 2.59. The van der Waals surface area contributed by atoms with Crippen molar-refractivity contribution >= 4 is 11.4 Å². The highest BCUT2D eigenvalue weighted by atomic mass is 16.5. The van der Waals surface area contributed by atoms with E-state index in [1.54, 1.807) is 0 Å². The molecule has 0 aromatic heterocycles. The van der Waals surface area contributed by atoms with Crippen molar-refractivity contribution in [3.63, 3.8) is 0 Å². The van der Waals surface area contributed by atoms with Crippen molar-refractivity contribution in [2.24, 2.45) is 0 Å². The molecule has 0 radical (unpaired) electrons. The molecule has 2 N–H and O–H groups in total. The summed E-state index contributed by atoms with van der Waals surface area (Å²) in [6, 6.07) is 6.20. The standard InChI is InChI=1S/C13H18N2O/c1-2-16-11-6-3-5-10-12(11)14-9-13(15-10)7-4-8-13/h3,5-6,14-15H,2,4,7-9H2,1H3. The maximum absolute atomic E-state index is 5.62. The van der Waals surface area contributed by atoms with Crippen molar-refractivity contribution in [1.82, 2.24) is 0 Å². The van der Waals surface area contributed by atoms with Crippen LogP contribution in [-0.2, 0) is 0 Å². The van der Waals surface area contributed by atoms with Gasteiger partial charge in [0.05, 0.1) is 17.8 Å². The second-order valence-electron chi connectivity index (χ2n) is 4.72. The molecule has 1 aliphatic carbocycles. The summed E-state index contributed by atoms with van der Waals surface area (Å²) in [7, 11) is 0. The lowest BCUT2D eigenvalue weighted by atomic mass is 9.75. The van der Waals surface area contributed by atoms with Gasteiger partial charge in [-0.2, -0.15) is 0 Å². The predicted octanol–water partition coefficient (Wildman–Crippen LogP) is 2.85. The van der Waals surface area contributed by atoms with Crippen LogP contribution in [0.4, 0.5) is 11.4 Å². The van der Waals surface area contributed by atoms with Crippen molar-refractivity contribution in [2.75, 3.05) is 23.8 Å². The second kappa shape index (κ2) is 3.58. The number of hydrogen-bond donors (Lipinski definition) is 2. The molecule has 1 aliphatic heterocycles. The molecule has 0 bridgehead atoms. The first kappa shape index (κ1) is 9.82. The van der Waals surface area contributed by atoms with Gasteiger partial charge in [-0.1, -0.05) is 6.07 Å². The number of nitrogens with one attached hydrogen (secondary N) is 2. The third-order valence-corrected chi connectivity index (χ3v) is 3.64. The zero-order valence-electron chi connectivity index (χ0n) is 9.68. The summed E-state index contributed by atoms with van der Waals surface area (Å²) in [6.07, 6.45) is 3.89. The third kappa shape index (κ3) is 1.42. The van der Waals surface area contributed by atoms with Gasteiger partial charge in [0.25, 0.3) is 0 Å². The fraction of sp³-hybridized carbons (Fsp3) is 0.538. The number of fused-ring (bicyclic) bond motifs is 1. The Balaban J connectivity index is 1.91. The van der Waals surface area contributed by atoms with Crippen LogP contribution in [0.3, 0.4) is 0 Å². The highest BCUT2D eigenvalue weighted by Gasteiger charge is 2.39. The van der Waals surface area contributed by atoms with Crippen LogP contribution in [0.15, 0.2) is 18.2 Å². The van der Waals surface area contributed by atoms with Crippen LogP contribution in [-0.4, -0.2) is 18.7 Å². The van der Waals surface area contributed by atoms with Crippen molar-refractivity contribution in [3.05, 3.63) is 18.2 Å². The lowest BCUT2D eigenvalue weighted by Crippen LogP contribution is -2.52. The number of rotatable bonds is 2. The van der Waals surface area contributed by atoms with E-state index >= 15 is 0 Å². The molecule has 1 heterocycles. The highest BCUT2D eigenvalue weighted by Crippen LogP contribution is 2.44. The molecule has 0 unspecified atom stereocenters. The SMILES string of the molecule is CCOc1cccc2c1NCC1(CCC1)N2. The minimum Gasteiger partial charge on any atom is -0.492 e. The summed E-state index contributed by atoms with van der Waals surface area (Å²) >= 11 is 0. The Morgan fingerprint density at radius 2 is 2.25 bits per heavy atom. The van der Waals surface area contributed by atoms with Crippen LogP contribution in [0.1, 0.15) is 26.2 Å². The normalized spacial score (nSPS) is 20.3. The molecular weight excluding hydrogens is 200 g/mol. The average molecular weight is 218 g/mol. The van der Waals surface area contributed by atoms with Crippen LogP contribution in [0.25, 0.3) is 0 Å². The first-order valence-electron chi connectivity index (χ1n) is 6.11. The number of ether oxygens (including phenoxy) is 1. The molecule has 1 spiro atoms. The lowest BCUT2D eigenvalue weighted by molar-refractivity contribution is 0.289. The van der Waals surface area contributed by atoms with Gasteiger partial charge in [0.15, 0.2) is 0 Å². The molecule has 0 amide bonds. The highest BCUT2D eigenvalue weighted by molar-refractivity contribution is 5.78. The first-order valence-corrected chi connectivity index (χ1v) is 6.11. The lowest BCUT2D eigenvalue weighted by Gasteiger charge is -2.47. The maximum atomic E-state index is 5.62. The van der Waals surface area contributed by atoms with Gasteiger partial charge in [0.2, 0.25) is 0 Å². The summed E-state index contributed by atoms with van der Waals surface area (Å²) in [4.78, 5) is 0. The van der Waals surface area contributed by atoms with Gasteiger partial charge in [-0.15, -0.1) is 0 Å². The Labute approximate surface area is 96.2 Å². The summed E-state index contributed by atoms with van der Waals surface area (Å²) < 4.78 is 5.62. The number of anilines is 2. The first-order chi connectivity index (χ1) is 7.83. The predicted molar refractivity (Wildman–Crippen MR) is 66.3 cm³/mol. The Hall–Kier alpha value is -1.38. The molecule has 86 valence electrons. The summed E-state index contributed by atoms with van der Waals surface area (Å²) in [5, 5.41) is 7.19. The maximum Gasteiger partial charge on any atom is 0.144 e. The molecule has 3 nitrogen and oxygen atoms in total. The van der Waals surface area contributed by atoms with Crippen LogP contribution < -0.4 is 15.4 Å². The molecule has 0 saturated heterocycles.